The predicted molar refractivity (Wildman–Crippen MR) is 122 cm³/mol. The Bertz CT molecular complexity index is 1140. The lowest BCUT2D eigenvalue weighted by atomic mass is 10.1. The van der Waals surface area contributed by atoms with Crippen molar-refractivity contribution in [3.05, 3.63) is 64.7 Å². The summed E-state index contributed by atoms with van der Waals surface area (Å²) in [7, 11) is 0. The number of nitrogens with one attached hydrogen (secondary N) is 1. The van der Waals surface area contributed by atoms with Crippen LogP contribution >= 0.6 is 11.6 Å². The van der Waals surface area contributed by atoms with Gasteiger partial charge < -0.3 is 20.2 Å². The van der Waals surface area contributed by atoms with E-state index >= 15 is 0 Å². The molecule has 3 aromatic rings. The Hall–Kier alpha value is -3.16. The van der Waals surface area contributed by atoms with Crippen LogP contribution in [0.4, 0.5) is 11.5 Å². The van der Waals surface area contributed by atoms with Gasteiger partial charge in [-0.2, -0.15) is 0 Å². The number of rotatable bonds is 5. The number of aromatic nitrogens is 1. The van der Waals surface area contributed by atoms with Crippen LogP contribution in [0.1, 0.15) is 27.6 Å². The summed E-state index contributed by atoms with van der Waals surface area (Å²) in [6, 6.07) is 13.4. The van der Waals surface area contributed by atoms with E-state index < -0.39 is 5.97 Å². The summed E-state index contributed by atoms with van der Waals surface area (Å²) < 4.78 is 0. The molecule has 1 amide bonds. The number of likely N-dealkylation sites (N-methyl/N-ethyl adjacent to an activating group) is 1. The van der Waals surface area contributed by atoms with E-state index in [1.807, 2.05) is 0 Å². The second-order valence-corrected chi connectivity index (χ2v) is 7.89. The number of piperazine rings is 1. The van der Waals surface area contributed by atoms with Crippen molar-refractivity contribution < 1.29 is 14.7 Å². The normalized spacial score (nSPS) is 14.6. The summed E-state index contributed by atoms with van der Waals surface area (Å²) in [5.41, 5.74) is 1.65. The van der Waals surface area contributed by atoms with Crippen LogP contribution in [0.3, 0.4) is 0 Å². The van der Waals surface area contributed by atoms with Crippen LogP contribution in [-0.4, -0.2) is 59.6 Å². The second kappa shape index (κ2) is 8.91. The number of aromatic carboxylic acids is 1. The third-order valence-electron chi connectivity index (χ3n) is 5.51. The Labute approximate surface area is 185 Å². The van der Waals surface area contributed by atoms with Gasteiger partial charge >= 0.3 is 5.97 Å². The minimum atomic E-state index is -1.03. The number of carbonyl (C=O) groups excluding carboxylic acids is 1. The minimum Gasteiger partial charge on any atom is -0.478 e. The lowest BCUT2D eigenvalue weighted by Crippen LogP contribution is -2.46. The van der Waals surface area contributed by atoms with Gasteiger partial charge in [0.1, 0.15) is 5.82 Å². The van der Waals surface area contributed by atoms with Gasteiger partial charge in [-0.15, -0.1) is 0 Å². The molecule has 2 heterocycles. The highest BCUT2D eigenvalue weighted by Gasteiger charge is 2.20. The average Bonchev–Trinajstić information content (AvgIpc) is 2.78. The van der Waals surface area contributed by atoms with Gasteiger partial charge in [0, 0.05) is 47.8 Å². The molecule has 0 bridgehead atoms. The first-order valence-electron chi connectivity index (χ1n) is 10.2. The van der Waals surface area contributed by atoms with E-state index in [9.17, 15) is 14.7 Å². The zero-order valence-electron chi connectivity index (χ0n) is 17.1. The van der Waals surface area contributed by atoms with E-state index in [1.165, 1.54) is 0 Å². The molecular weight excluding hydrogens is 416 g/mol. The molecule has 31 heavy (non-hydrogen) atoms. The molecule has 0 aliphatic carbocycles. The van der Waals surface area contributed by atoms with Crippen molar-refractivity contribution in [3.63, 3.8) is 0 Å². The Balaban J connectivity index is 1.64. The monoisotopic (exact) mass is 438 g/mol. The molecule has 0 saturated carbocycles. The number of nitrogens with zero attached hydrogens (tertiary/aromatic N) is 3. The number of benzene rings is 2. The van der Waals surface area contributed by atoms with Crippen LogP contribution in [0.15, 0.2) is 48.5 Å². The molecule has 2 N–H and O–H groups in total. The Kier molecular flexibility index (Phi) is 6.06. The molecule has 1 aliphatic rings. The van der Waals surface area contributed by atoms with E-state index in [2.05, 4.69) is 22.0 Å². The maximum atomic E-state index is 12.5. The first kappa shape index (κ1) is 21.1. The fraction of sp³-hybridized carbons (Fsp3) is 0.261. The van der Waals surface area contributed by atoms with Crippen LogP contribution in [-0.2, 0) is 0 Å². The quantitative estimate of drug-likeness (QED) is 0.626. The first-order chi connectivity index (χ1) is 14.9. The van der Waals surface area contributed by atoms with Crippen molar-refractivity contribution in [1.29, 1.82) is 0 Å². The molecule has 0 radical (unpaired) electrons. The molecule has 0 spiro atoms. The Morgan fingerprint density at radius 2 is 1.87 bits per heavy atom. The highest BCUT2D eigenvalue weighted by atomic mass is 35.5. The van der Waals surface area contributed by atoms with Crippen LogP contribution < -0.4 is 10.2 Å². The van der Waals surface area contributed by atoms with Crippen molar-refractivity contribution in [1.82, 2.24) is 9.88 Å². The van der Waals surface area contributed by atoms with Crippen molar-refractivity contribution in [2.24, 2.45) is 0 Å². The van der Waals surface area contributed by atoms with Crippen molar-refractivity contribution >= 4 is 45.9 Å². The first-order valence-corrected chi connectivity index (χ1v) is 10.5. The molecule has 0 unspecified atom stereocenters. The zero-order chi connectivity index (χ0) is 22.0. The summed E-state index contributed by atoms with van der Waals surface area (Å²) in [5, 5.41) is 13.6. The van der Waals surface area contributed by atoms with E-state index in [1.54, 1.807) is 48.5 Å². The largest absolute Gasteiger partial charge is 0.478 e. The summed E-state index contributed by atoms with van der Waals surface area (Å²) in [6.07, 6.45) is 0. The fourth-order valence-electron chi connectivity index (χ4n) is 3.75. The summed E-state index contributed by atoms with van der Waals surface area (Å²) in [4.78, 5) is 33.7. The lowest BCUT2D eigenvalue weighted by Gasteiger charge is -2.35. The highest BCUT2D eigenvalue weighted by Crippen LogP contribution is 2.27. The number of carboxylic acid groups (broad SMARTS) is 1. The molecule has 2 aromatic carbocycles. The minimum absolute atomic E-state index is 0.164. The SMILES string of the molecule is CCN1CCN(c2cc(C(=O)O)c3cc(NC(=O)c4cccc(Cl)c4)ccc3n2)CC1. The third-order valence-corrected chi connectivity index (χ3v) is 5.75. The molecule has 4 rings (SSSR count). The standard InChI is InChI=1S/C23H23ClN4O3/c1-2-27-8-10-28(11-9-27)21-14-19(23(30)31)18-13-17(6-7-20(18)26-21)25-22(29)15-4-3-5-16(24)12-15/h3-7,12-14H,2,8-11H2,1H3,(H,25,29)(H,30,31). The molecule has 7 nitrogen and oxygen atoms in total. The number of anilines is 2. The van der Waals surface area contributed by atoms with Gasteiger partial charge in [-0.05, 0) is 49.0 Å². The second-order valence-electron chi connectivity index (χ2n) is 7.45. The van der Waals surface area contributed by atoms with Crippen LogP contribution in [0.5, 0.6) is 0 Å². The number of pyridine rings is 1. The molecule has 1 aliphatic heterocycles. The molecule has 8 heteroatoms. The predicted octanol–water partition coefficient (Wildman–Crippen LogP) is 3.98. The number of hydrogen-bond acceptors (Lipinski definition) is 5. The Morgan fingerprint density at radius 3 is 2.55 bits per heavy atom. The number of hydrogen-bond donors (Lipinski definition) is 2. The molecular formula is C23H23ClN4O3. The topological polar surface area (TPSA) is 85.8 Å². The number of fused-ring (bicyclic) bond motifs is 1. The van der Waals surface area contributed by atoms with Crippen molar-refractivity contribution in [2.45, 2.75) is 6.92 Å². The summed E-state index contributed by atoms with van der Waals surface area (Å²) in [6.45, 7) is 6.59. The van der Waals surface area contributed by atoms with Gasteiger partial charge in [-0.25, -0.2) is 9.78 Å². The van der Waals surface area contributed by atoms with Gasteiger partial charge in [0.15, 0.2) is 0 Å². The van der Waals surface area contributed by atoms with Crippen molar-refractivity contribution in [3.8, 4) is 0 Å². The van der Waals surface area contributed by atoms with E-state index in [0.717, 1.165) is 32.7 Å². The number of amides is 1. The van der Waals surface area contributed by atoms with Crippen LogP contribution in [0.2, 0.25) is 5.02 Å². The number of carbonyl (C=O) groups is 2. The van der Waals surface area contributed by atoms with E-state index in [4.69, 9.17) is 16.6 Å². The third kappa shape index (κ3) is 4.62. The molecule has 0 atom stereocenters. The van der Waals surface area contributed by atoms with Gasteiger partial charge in [0.2, 0.25) is 0 Å². The van der Waals surface area contributed by atoms with Gasteiger partial charge in [-0.1, -0.05) is 24.6 Å². The van der Waals surface area contributed by atoms with E-state index in [0.29, 0.717) is 33.0 Å². The van der Waals surface area contributed by atoms with Gasteiger partial charge in [0.05, 0.1) is 11.1 Å². The maximum absolute atomic E-state index is 12.5. The molecule has 1 saturated heterocycles. The van der Waals surface area contributed by atoms with Crippen molar-refractivity contribution in [2.75, 3.05) is 42.9 Å². The van der Waals surface area contributed by atoms with Gasteiger partial charge in [-0.3, -0.25) is 4.79 Å². The molecule has 1 fully saturated rings. The molecule has 160 valence electrons. The highest BCUT2D eigenvalue weighted by molar-refractivity contribution is 6.31. The fourth-order valence-corrected chi connectivity index (χ4v) is 3.94. The van der Waals surface area contributed by atoms with Gasteiger partial charge in [0.25, 0.3) is 5.91 Å². The van der Waals surface area contributed by atoms with Crippen LogP contribution in [0, 0.1) is 0 Å². The molecule has 1 aromatic heterocycles. The lowest BCUT2D eigenvalue weighted by molar-refractivity contribution is 0.0698. The van der Waals surface area contributed by atoms with Crippen LogP contribution in [0.25, 0.3) is 10.9 Å². The summed E-state index contributed by atoms with van der Waals surface area (Å²) in [5.74, 6) is -0.687. The van der Waals surface area contributed by atoms with E-state index in [-0.39, 0.29) is 11.5 Å². The average molecular weight is 439 g/mol. The maximum Gasteiger partial charge on any atom is 0.336 e. The smallest absolute Gasteiger partial charge is 0.336 e. The number of carboxylic acids is 1. The Morgan fingerprint density at radius 1 is 1.10 bits per heavy atom. The zero-order valence-corrected chi connectivity index (χ0v) is 17.9. The summed E-state index contributed by atoms with van der Waals surface area (Å²) >= 11 is 5.96. The number of halogens is 1.